The van der Waals surface area contributed by atoms with Gasteiger partial charge in [-0.3, -0.25) is 0 Å². The Morgan fingerprint density at radius 2 is 1.43 bits per heavy atom. The van der Waals surface area contributed by atoms with Gasteiger partial charge in [-0.1, -0.05) is 68.4 Å². The first kappa shape index (κ1) is 13.6. The van der Waals surface area contributed by atoms with Crippen molar-refractivity contribution in [1.29, 1.82) is 0 Å². The van der Waals surface area contributed by atoms with Crippen molar-refractivity contribution in [3.05, 3.63) is 66.5 Å². The molecule has 0 saturated carbocycles. The second kappa shape index (κ2) is 5.17. The van der Waals surface area contributed by atoms with Gasteiger partial charge in [0, 0.05) is 5.41 Å². The third-order valence-corrected chi connectivity index (χ3v) is 3.50. The van der Waals surface area contributed by atoms with E-state index in [-0.39, 0.29) is 5.41 Å². The zero-order chi connectivity index (χ0) is 14.9. The van der Waals surface area contributed by atoms with Gasteiger partial charge >= 0.3 is 0 Å². The van der Waals surface area contributed by atoms with Crippen molar-refractivity contribution in [2.75, 3.05) is 0 Å². The second-order valence-electron chi connectivity index (χ2n) is 6.21. The Balaban J connectivity index is 1.89. The summed E-state index contributed by atoms with van der Waals surface area (Å²) >= 11 is 0. The first-order chi connectivity index (χ1) is 10.0. The van der Waals surface area contributed by atoms with E-state index >= 15 is 0 Å². The average Bonchev–Trinajstić information content (AvgIpc) is 2.98. The lowest BCUT2D eigenvalue weighted by Crippen LogP contribution is -2.11. The number of rotatable bonds is 2. The van der Waals surface area contributed by atoms with E-state index in [0.29, 0.717) is 0 Å². The minimum Gasteiger partial charge on any atom is -0.220 e. The van der Waals surface area contributed by atoms with Crippen LogP contribution < -0.4 is 0 Å². The Morgan fingerprint density at radius 1 is 0.810 bits per heavy atom. The van der Waals surface area contributed by atoms with Gasteiger partial charge in [0.15, 0.2) is 0 Å². The van der Waals surface area contributed by atoms with E-state index in [0.717, 1.165) is 11.4 Å². The summed E-state index contributed by atoms with van der Waals surface area (Å²) in [6, 6.07) is 18.7. The van der Waals surface area contributed by atoms with Crippen LogP contribution in [0.1, 0.15) is 26.5 Å². The van der Waals surface area contributed by atoms with Gasteiger partial charge in [-0.05, 0) is 23.3 Å². The highest BCUT2D eigenvalue weighted by molar-refractivity contribution is 5.64. The molecule has 3 aromatic rings. The van der Waals surface area contributed by atoms with Gasteiger partial charge in [-0.15, -0.1) is 5.10 Å². The lowest BCUT2D eigenvalue weighted by atomic mass is 9.93. The summed E-state index contributed by atoms with van der Waals surface area (Å²) in [5.41, 5.74) is 4.46. The SMILES string of the molecule is CC(C)(C)c1cn(-c2ccc(-c3ccccc3)cc2)nn1. The molecular weight excluding hydrogens is 258 g/mol. The van der Waals surface area contributed by atoms with Crippen LogP contribution in [-0.4, -0.2) is 15.0 Å². The summed E-state index contributed by atoms with van der Waals surface area (Å²) in [6.45, 7) is 6.42. The molecular formula is C18H19N3. The van der Waals surface area contributed by atoms with Crippen molar-refractivity contribution in [1.82, 2.24) is 15.0 Å². The van der Waals surface area contributed by atoms with Crippen LogP contribution in [0.4, 0.5) is 0 Å². The molecule has 0 amide bonds. The van der Waals surface area contributed by atoms with Crippen LogP contribution in [0.25, 0.3) is 16.8 Å². The van der Waals surface area contributed by atoms with Crippen LogP contribution in [0.3, 0.4) is 0 Å². The third kappa shape index (κ3) is 2.87. The zero-order valence-electron chi connectivity index (χ0n) is 12.6. The Morgan fingerprint density at radius 3 is 2.00 bits per heavy atom. The summed E-state index contributed by atoms with van der Waals surface area (Å²) in [5, 5.41) is 8.48. The van der Waals surface area contributed by atoms with E-state index < -0.39 is 0 Å². The molecule has 3 heteroatoms. The number of benzene rings is 2. The van der Waals surface area contributed by atoms with Crippen molar-refractivity contribution in [2.24, 2.45) is 0 Å². The van der Waals surface area contributed by atoms with Crippen molar-refractivity contribution in [3.63, 3.8) is 0 Å². The molecule has 0 aliphatic rings. The molecule has 0 N–H and O–H groups in total. The summed E-state index contributed by atoms with van der Waals surface area (Å²) in [5.74, 6) is 0. The van der Waals surface area contributed by atoms with E-state index in [4.69, 9.17) is 0 Å². The fourth-order valence-corrected chi connectivity index (χ4v) is 2.17. The highest BCUT2D eigenvalue weighted by atomic mass is 15.4. The second-order valence-corrected chi connectivity index (χ2v) is 6.21. The molecule has 0 saturated heterocycles. The molecule has 0 atom stereocenters. The predicted octanol–water partition coefficient (Wildman–Crippen LogP) is 4.23. The number of hydrogen-bond acceptors (Lipinski definition) is 2. The smallest absolute Gasteiger partial charge is 0.0885 e. The third-order valence-electron chi connectivity index (χ3n) is 3.50. The molecule has 3 nitrogen and oxygen atoms in total. The summed E-state index contributed by atoms with van der Waals surface area (Å²) in [7, 11) is 0. The maximum Gasteiger partial charge on any atom is 0.0885 e. The molecule has 106 valence electrons. The van der Waals surface area contributed by atoms with E-state index in [1.54, 1.807) is 0 Å². The van der Waals surface area contributed by atoms with Crippen molar-refractivity contribution >= 4 is 0 Å². The molecule has 0 unspecified atom stereocenters. The summed E-state index contributed by atoms with van der Waals surface area (Å²) in [4.78, 5) is 0. The van der Waals surface area contributed by atoms with Crippen molar-refractivity contribution in [3.8, 4) is 16.8 Å². The maximum absolute atomic E-state index is 4.26. The molecule has 2 aromatic carbocycles. The van der Waals surface area contributed by atoms with Gasteiger partial charge in [0.05, 0.1) is 17.6 Å². The predicted molar refractivity (Wildman–Crippen MR) is 85.5 cm³/mol. The maximum atomic E-state index is 4.26. The molecule has 21 heavy (non-hydrogen) atoms. The lowest BCUT2D eigenvalue weighted by Gasteiger charge is -2.12. The Labute approximate surface area is 125 Å². The minimum absolute atomic E-state index is 0.0161. The van der Waals surface area contributed by atoms with E-state index in [1.165, 1.54) is 11.1 Å². The Kier molecular flexibility index (Phi) is 3.34. The fraction of sp³-hybridized carbons (Fsp3) is 0.222. The molecule has 0 spiro atoms. The van der Waals surface area contributed by atoms with Crippen LogP contribution in [-0.2, 0) is 5.41 Å². The van der Waals surface area contributed by atoms with Gasteiger partial charge in [0.2, 0.25) is 0 Å². The van der Waals surface area contributed by atoms with Crippen LogP contribution in [0.15, 0.2) is 60.8 Å². The molecule has 3 rings (SSSR count). The quantitative estimate of drug-likeness (QED) is 0.701. The molecule has 1 aromatic heterocycles. The lowest BCUT2D eigenvalue weighted by molar-refractivity contribution is 0.566. The first-order valence-corrected chi connectivity index (χ1v) is 7.13. The standard InChI is InChI=1S/C18H19N3/c1-18(2,3)17-13-21(20-19-17)16-11-9-15(10-12-16)14-7-5-4-6-8-14/h4-13H,1-3H3. The van der Waals surface area contributed by atoms with Gasteiger partial charge in [0.25, 0.3) is 0 Å². The highest BCUT2D eigenvalue weighted by Crippen LogP contribution is 2.22. The van der Waals surface area contributed by atoms with Crippen LogP contribution in [0, 0.1) is 0 Å². The van der Waals surface area contributed by atoms with Gasteiger partial charge < -0.3 is 0 Å². The normalized spacial score (nSPS) is 11.6. The Hall–Kier alpha value is -2.42. The van der Waals surface area contributed by atoms with Crippen LogP contribution in [0.5, 0.6) is 0 Å². The van der Waals surface area contributed by atoms with Crippen LogP contribution >= 0.6 is 0 Å². The van der Waals surface area contributed by atoms with Gasteiger partial charge in [-0.25, -0.2) is 4.68 Å². The van der Waals surface area contributed by atoms with E-state index in [9.17, 15) is 0 Å². The first-order valence-electron chi connectivity index (χ1n) is 7.13. The summed E-state index contributed by atoms with van der Waals surface area (Å²) < 4.78 is 1.83. The molecule has 0 aliphatic carbocycles. The Bertz CT molecular complexity index is 719. The van der Waals surface area contributed by atoms with Crippen molar-refractivity contribution < 1.29 is 0 Å². The largest absolute Gasteiger partial charge is 0.220 e. The van der Waals surface area contributed by atoms with Gasteiger partial charge in [0.1, 0.15) is 0 Å². The molecule has 0 fully saturated rings. The molecule has 0 aliphatic heterocycles. The summed E-state index contributed by atoms with van der Waals surface area (Å²) in [6.07, 6.45) is 2.00. The highest BCUT2D eigenvalue weighted by Gasteiger charge is 2.18. The number of nitrogens with zero attached hydrogens (tertiary/aromatic N) is 3. The van der Waals surface area contributed by atoms with E-state index in [1.807, 2.05) is 16.9 Å². The fourth-order valence-electron chi connectivity index (χ4n) is 2.17. The number of hydrogen-bond donors (Lipinski definition) is 0. The average molecular weight is 277 g/mol. The zero-order valence-corrected chi connectivity index (χ0v) is 12.6. The van der Waals surface area contributed by atoms with Gasteiger partial charge in [-0.2, -0.15) is 0 Å². The van der Waals surface area contributed by atoms with Crippen LogP contribution in [0.2, 0.25) is 0 Å². The topological polar surface area (TPSA) is 30.7 Å². The molecule has 0 bridgehead atoms. The monoisotopic (exact) mass is 277 g/mol. The molecule has 0 radical (unpaired) electrons. The van der Waals surface area contributed by atoms with Crippen molar-refractivity contribution in [2.45, 2.75) is 26.2 Å². The molecule has 1 heterocycles. The van der Waals surface area contributed by atoms with E-state index in [2.05, 4.69) is 79.6 Å². The number of aromatic nitrogens is 3. The minimum atomic E-state index is 0.0161.